The summed E-state index contributed by atoms with van der Waals surface area (Å²) in [6.45, 7) is 2.36. The van der Waals surface area contributed by atoms with E-state index in [1.54, 1.807) is 24.5 Å². The SMILES string of the molecule is CCNC(=O)Nc1cc(Br)c(-c2cncc(C(O)NN)c2)cn1. The van der Waals surface area contributed by atoms with Crippen molar-refractivity contribution in [3.63, 3.8) is 0 Å². The molecule has 0 aromatic carbocycles. The summed E-state index contributed by atoms with van der Waals surface area (Å²) < 4.78 is 0.730. The van der Waals surface area contributed by atoms with Crippen LogP contribution in [0, 0.1) is 0 Å². The van der Waals surface area contributed by atoms with Crippen LogP contribution in [0.3, 0.4) is 0 Å². The number of nitrogens with two attached hydrogens (primary N) is 1. The van der Waals surface area contributed by atoms with Gasteiger partial charge in [-0.15, -0.1) is 0 Å². The summed E-state index contributed by atoms with van der Waals surface area (Å²) >= 11 is 3.45. The Kier molecular flexibility index (Phi) is 5.99. The Morgan fingerprint density at radius 1 is 1.39 bits per heavy atom. The molecule has 2 aromatic heterocycles. The molecule has 8 nitrogen and oxygen atoms in total. The number of carbonyl (C=O) groups excluding carboxylic acids is 1. The van der Waals surface area contributed by atoms with E-state index in [1.807, 2.05) is 6.92 Å². The summed E-state index contributed by atoms with van der Waals surface area (Å²) in [6.07, 6.45) is 3.76. The fourth-order valence-corrected chi connectivity index (χ4v) is 2.43. The molecule has 0 aliphatic rings. The Morgan fingerprint density at radius 3 is 2.83 bits per heavy atom. The maximum Gasteiger partial charge on any atom is 0.320 e. The minimum absolute atomic E-state index is 0.319. The molecule has 1 atom stereocenters. The second kappa shape index (κ2) is 7.97. The largest absolute Gasteiger partial charge is 0.373 e. The number of urea groups is 1. The van der Waals surface area contributed by atoms with Crippen LogP contribution in [0.15, 0.2) is 35.2 Å². The Hall–Kier alpha value is -2.07. The van der Waals surface area contributed by atoms with E-state index >= 15 is 0 Å². The van der Waals surface area contributed by atoms with Gasteiger partial charge in [-0.25, -0.2) is 15.2 Å². The molecule has 0 spiro atoms. The van der Waals surface area contributed by atoms with Gasteiger partial charge >= 0.3 is 6.03 Å². The fraction of sp³-hybridized carbons (Fsp3) is 0.214. The number of rotatable bonds is 5. The van der Waals surface area contributed by atoms with Crippen LogP contribution in [0.4, 0.5) is 10.6 Å². The lowest BCUT2D eigenvalue weighted by molar-refractivity contribution is 0.140. The smallest absolute Gasteiger partial charge is 0.320 e. The van der Waals surface area contributed by atoms with E-state index in [1.165, 1.54) is 6.20 Å². The normalized spacial score (nSPS) is 11.8. The highest BCUT2D eigenvalue weighted by molar-refractivity contribution is 9.10. The quantitative estimate of drug-likeness (QED) is 0.304. The van der Waals surface area contributed by atoms with Gasteiger partial charge in [0.05, 0.1) is 0 Å². The molecule has 23 heavy (non-hydrogen) atoms. The topological polar surface area (TPSA) is 125 Å². The van der Waals surface area contributed by atoms with E-state index < -0.39 is 6.23 Å². The van der Waals surface area contributed by atoms with E-state index in [2.05, 4.69) is 42.0 Å². The molecule has 122 valence electrons. The zero-order valence-corrected chi connectivity index (χ0v) is 14.0. The van der Waals surface area contributed by atoms with Crippen molar-refractivity contribution in [2.24, 2.45) is 5.84 Å². The first-order valence-electron chi connectivity index (χ1n) is 6.85. The van der Waals surface area contributed by atoms with Gasteiger partial charge in [-0.05, 0) is 35.0 Å². The fourth-order valence-electron chi connectivity index (χ4n) is 1.88. The number of pyridine rings is 2. The first-order chi connectivity index (χ1) is 11.0. The van der Waals surface area contributed by atoms with Crippen LogP contribution in [-0.4, -0.2) is 27.7 Å². The van der Waals surface area contributed by atoms with Crippen LogP contribution < -0.4 is 21.9 Å². The lowest BCUT2D eigenvalue weighted by atomic mass is 10.1. The number of nitrogens with one attached hydrogen (secondary N) is 3. The molecule has 0 saturated heterocycles. The second-order valence-corrected chi connectivity index (χ2v) is 5.46. The number of aromatic nitrogens is 2. The number of nitrogens with zero attached hydrogens (tertiary/aromatic N) is 2. The van der Waals surface area contributed by atoms with Gasteiger partial charge in [-0.1, -0.05) is 0 Å². The molecule has 0 fully saturated rings. The van der Waals surface area contributed by atoms with Gasteiger partial charge in [-0.3, -0.25) is 16.1 Å². The minimum atomic E-state index is -1.01. The zero-order chi connectivity index (χ0) is 16.8. The molecule has 0 bridgehead atoms. The van der Waals surface area contributed by atoms with Gasteiger partial charge in [-0.2, -0.15) is 0 Å². The van der Waals surface area contributed by atoms with E-state index in [4.69, 9.17) is 5.84 Å². The van der Waals surface area contributed by atoms with Gasteiger partial charge in [0.25, 0.3) is 0 Å². The van der Waals surface area contributed by atoms with Crippen molar-refractivity contribution in [1.82, 2.24) is 20.7 Å². The predicted octanol–water partition coefficient (Wildman–Crippen LogP) is 1.50. The van der Waals surface area contributed by atoms with Crippen molar-refractivity contribution in [1.29, 1.82) is 0 Å². The van der Waals surface area contributed by atoms with E-state index in [0.29, 0.717) is 17.9 Å². The number of carbonyl (C=O) groups is 1. The number of anilines is 1. The highest BCUT2D eigenvalue weighted by Gasteiger charge is 2.11. The molecule has 2 heterocycles. The summed E-state index contributed by atoms with van der Waals surface area (Å²) in [4.78, 5) is 19.8. The van der Waals surface area contributed by atoms with Crippen LogP contribution in [0.25, 0.3) is 11.1 Å². The molecule has 0 saturated carbocycles. The van der Waals surface area contributed by atoms with E-state index in [-0.39, 0.29) is 6.03 Å². The van der Waals surface area contributed by atoms with Crippen molar-refractivity contribution in [2.75, 3.05) is 11.9 Å². The molecule has 0 radical (unpaired) electrons. The maximum atomic E-state index is 11.5. The Bertz CT molecular complexity index is 697. The van der Waals surface area contributed by atoms with Crippen LogP contribution in [0.5, 0.6) is 0 Å². The predicted molar refractivity (Wildman–Crippen MR) is 90.1 cm³/mol. The van der Waals surface area contributed by atoms with Crippen molar-refractivity contribution in [3.8, 4) is 11.1 Å². The highest BCUT2D eigenvalue weighted by atomic mass is 79.9. The number of aliphatic hydroxyl groups is 1. The number of hydrogen-bond acceptors (Lipinski definition) is 6. The van der Waals surface area contributed by atoms with Gasteiger partial charge in [0, 0.05) is 46.3 Å². The average molecular weight is 381 g/mol. The first-order valence-corrected chi connectivity index (χ1v) is 7.64. The molecule has 1 unspecified atom stereocenters. The van der Waals surface area contributed by atoms with Crippen molar-refractivity contribution < 1.29 is 9.90 Å². The lowest BCUT2D eigenvalue weighted by Gasteiger charge is -2.12. The molecular formula is C14H17BrN6O2. The maximum absolute atomic E-state index is 11.5. The number of hydrogen-bond donors (Lipinski definition) is 5. The van der Waals surface area contributed by atoms with Gasteiger partial charge in [0.1, 0.15) is 12.0 Å². The Morgan fingerprint density at radius 2 is 2.17 bits per heavy atom. The molecule has 0 aliphatic carbocycles. The van der Waals surface area contributed by atoms with Crippen molar-refractivity contribution >= 4 is 27.8 Å². The van der Waals surface area contributed by atoms with Crippen molar-refractivity contribution in [3.05, 3.63) is 40.8 Å². The van der Waals surface area contributed by atoms with Crippen LogP contribution in [0.2, 0.25) is 0 Å². The van der Waals surface area contributed by atoms with Gasteiger partial charge in [0.2, 0.25) is 0 Å². The van der Waals surface area contributed by atoms with E-state index in [9.17, 15) is 9.90 Å². The average Bonchev–Trinajstić information content (AvgIpc) is 2.54. The summed E-state index contributed by atoms with van der Waals surface area (Å²) in [6, 6.07) is 3.12. The number of aliphatic hydroxyl groups excluding tert-OH is 1. The first kappa shape index (κ1) is 17.3. The molecule has 2 amide bonds. The molecule has 9 heteroatoms. The highest BCUT2D eigenvalue weighted by Crippen LogP contribution is 2.29. The molecular weight excluding hydrogens is 364 g/mol. The van der Waals surface area contributed by atoms with Gasteiger partial charge in [0.15, 0.2) is 0 Å². The third-order valence-electron chi connectivity index (χ3n) is 2.98. The number of hydrazine groups is 1. The standard InChI is InChI=1S/C14H17BrN6O2/c1-2-18-14(23)20-12-4-11(15)10(7-19-12)8-3-9(6-17-5-8)13(22)21-16/h3-7,13,21-22H,2,16H2,1H3,(H2,18,19,20,23). The zero-order valence-electron chi connectivity index (χ0n) is 12.4. The third kappa shape index (κ3) is 4.45. The second-order valence-electron chi connectivity index (χ2n) is 4.61. The molecule has 6 N–H and O–H groups in total. The van der Waals surface area contributed by atoms with E-state index in [0.717, 1.165) is 15.6 Å². The van der Waals surface area contributed by atoms with Crippen LogP contribution in [-0.2, 0) is 0 Å². The van der Waals surface area contributed by atoms with Gasteiger partial charge < -0.3 is 10.4 Å². The molecule has 0 aliphatic heterocycles. The van der Waals surface area contributed by atoms with Crippen molar-refractivity contribution in [2.45, 2.75) is 13.2 Å². The minimum Gasteiger partial charge on any atom is -0.373 e. The number of halogens is 1. The summed E-state index contributed by atoms with van der Waals surface area (Å²) in [5.74, 6) is 5.63. The summed E-state index contributed by atoms with van der Waals surface area (Å²) in [5.41, 5.74) is 4.30. The number of amides is 2. The van der Waals surface area contributed by atoms with Crippen LogP contribution in [0.1, 0.15) is 18.7 Å². The lowest BCUT2D eigenvalue weighted by Crippen LogP contribution is -2.28. The Balaban J connectivity index is 2.26. The molecule has 2 rings (SSSR count). The summed E-state index contributed by atoms with van der Waals surface area (Å²) in [7, 11) is 0. The van der Waals surface area contributed by atoms with Crippen LogP contribution >= 0.6 is 15.9 Å². The monoisotopic (exact) mass is 380 g/mol. The summed E-state index contributed by atoms with van der Waals surface area (Å²) in [5, 5.41) is 15.0. The Labute approximate surface area is 141 Å². The molecule has 2 aromatic rings. The third-order valence-corrected chi connectivity index (χ3v) is 3.63.